The molecule has 0 spiro atoms. The summed E-state index contributed by atoms with van der Waals surface area (Å²) in [6, 6.07) is 5.45. The van der Waals surface area contributed by atoms with Gasteiger partial charge in [0.2, 0.25) is 5.91 Å². The van der Waals surface area contributed by atoms with Crippen LogP contribution in [0.25, 0.3) is 0 Å². The van der Waals surface area contributed by atoms with Crippen molar-refractivity contribution in [3.63, 3.8) is 0 Å². The van der Waals surface area contributed by atoms with E-state index in [9.17, 15) is 13.2 Å². The first-order valence-corrected chi connectivity index (χ1v) is 9.44. The molecule has 23 heavy (non-hydrogen) atoms. The lowest BCUT2D eigenvalue weighted by molar-refractivity contribution is -0.122. The van der Waals surface area contributed by atoms with Crippen molar-refractivity contribution >= 4 is 28.2 Å². The standard InChI is InChI=1S/C16H26N2O3S.ClH/c1-11-7-12(2)9-14(8-11)10-13(3)18-16(19)15(17)5-6-22(4,20)21;/h7-9,13,15H,5-6,10,17H2,1-4H3,(H,18,19);1H. The van der Waals surface area contributed by atoms with E-state index in [1.165, 1.54) is 11.1 Å². The molecule has 1 rings (SSSR count). The molecule has 0 saturated carbocycles. The quantitative estimate of drug-likeness (QED) is 0.769. The summed E-state index contributed by atoms with van der Waals surface area (Å²) in [6.45, 7) is 6.00. The number of carbonyl (C=O) groups excluding carboxylic acids is 1. The molecule has 2 unspecified atom stereocenters. The van der Waals surface area contributed by atoms with E-state index in [-0.39, 0.29) is 36.5 Å². The van der Waals surface area contributed by atoms with Crippen molar-refractivity contribution in [2.45, 2.75) is 45.7 Å². The van der Waals surface area contributed by atoms with Crippen LogP contribution in [-0.4, -0.2) is 38.4 Å². The van der Waals surface area contributed by atoms with Crippen molar-refractivity contribution in [3.05, 3.63) is 34.9 Å². The van der Waals surface area contributed by atoms with Crippen molar-refractivity contribution in [3.8, 4) is 0 Å². The van der Waals surface area contributed by atoms with Crippen LogP contribution in [0.4, 0.5) is 0 Å². The average Bonchev–Trinajstić information content (AvgIpc) is 2.33. The molecule has 0 aromatic heterocycles. The third-order valence-corrected chi connectivity index (χ3v) is 4.33. The molecule has 0 heterocycles. The lowest BCUT2D eigenvalue weighted by Gasteiger charge is -2.18. The van der Waals surface area contributed by atoms with Gasteiger partial charge < -0.3 is 11.1 Å². The van der Waals surface area contributed by atoms with Crippen LogP contribution >= 0.6 is 12.4 Å². The Morgan fingerprint density at radius 3 is 2.22 bits per heavy atom. The maximum absolute atomic E-state index is 12.0. The van der Waals surface area contributed by atoms with Gasteiger partial charge in [0.1, 0.15) is 9.84 Å². The van der Waals surface area contributed by atoms with E-state index in [0.717, 1.165) is 11.8 Å². The highest BCUT2D eigenvalue weighted by Gasteiger charge is 2.18. The van der Waals surface area contributed by atoms with E-state index >= 15 is 0 Å². The van der Waals surface area contributed by atoms with Gasteiger partial charge in [0.05, 0.1) is 11.8 Å². The maximum Gasteiger partial charge on any atom is 0.237 e. The highest BCUT2D eigenvalue weighted by atomic mass is 35.5. The van der Waals surface area contributed by atoms with E-state index < -0.39 is 15.9 Å². The minimum absolute atomic E-state index is 0. The highest BCUT2D eigenvalue weighted by molar-refractivity contribution is 7.90. The Kier molecular flexibility index (Phi) is 8.80. The number of rotatable bonds is 7. The van der Waals surface area contributed by atoms with Gasteiger partial charge in [0.25, 0.3) is 0 Å². The van der Waals surface area contributed by atoms with Gasteiger partial charge in [-0.25, -0.2) is 8.42 Å². The molecular weight excluding hydrogens is 336 g/mol. The largest absolute Gasteiger partial charge is 0.352 e. The number of halogens is 1. The number of amides is 1. The summed E-state index contributed by atoms with van der Waals surface area (Å²) in [4.78, 5) is 12.0. The molecule has 2 atom stereocenters. The average molecular weight is 363 g/mol. The van der Waals surface area contributed by atoms with Crippen LogP contribution in [0.5, 0.6) is 0 Å². The second-order valence-corrected chi connectivity index (χ2v) is 8.39. The van der Waals surface area contributed by atoms with Crippen molar-refractivity contribution in [2.24, 2.45) is 5.73 Å². The smallest absolute Gasteiger partial charge is 0.237 e. The van der Waals surface area contributed by atoms with Crippen LogP contribution < -0.4 is 11.1 Å². The molecule has 0 fully saturated rings. The summed E-state index contributed by atoms with van der Waals surface area (Å²) in [5, 5.41) is 2.84. The van der Waals surface area contributed by atoms with Gasteiger partial charge in [-0.1, -0.05) is 29.3 Å². The topological polar surface area (TPSA) is 89.3 Å². The molecule has 1 amide bonds. The SMILES string of the molecule is Cc1cc(C)cc(CC(C)NC(=O)C(N)CCS(C)(=O)=O)c1.Cl. The normalized spacial score (nSPS) is 13.8. The van der Waals surface area contributed by atoms with E-state index in [1.54, 1.807) is 0 Å². The number of sulfone groups is 1. The first-order valence-electron chi connectivity index (χ1n) is 7.37. The van der Waals surface area contributed by atoms with Gasteiger partial charge in [-0.15, -0.1) is 12.4 Å². The Morgan fingerprint density at radius 1 is 1.22 bits per heavy atom. The fourth-order valence-electron chi connectivity index (χ4n) is 2.41. The molecule has 0 bridgehead atoms. The molecular formula is C16H27ClN2O3S. The molecule has 0 saturated heterocycles. The van der Waals surface area contributed by atoms with Crippen molar-refractivity contribution in [1.82, 2.24) is 5.32 Å². The third-order valence-electron chi connectivity index (χ3n) is 3.35. The Morgan fingerprint density at radius 2 is 1.74 bits per heavy atom. The highest BCUT2D eigenvalue weighted by Crippen LogP contribution is 2.11. The first kappa shape index (κ1) is 21.9. The zero-order chi connectivity index (χ0) is 16.9. The predicted octanol–water partition coefficient (Wildman–Crippen LogP) is 1.53. The Labute approximate surface area is 145 Å². The molecule has 0 aliphatic heterocycles. The molecule has 1 aromatic carbocycles. The lowest BCUT2D eigenvalue weighted by Crippen LogP contribution is -2.45. The van der Waals surface area contributed by atoms with Crippen LogP contribution in [0, 0.1) is 13.8 Å². The second kappa shape index (κ2) is 9.25. The lowest BCUT2D eigenvalue weighted by atomic mass is 10.0. The van der Waals surface area contributed by atoms with Crippen LogP contribution in [0.2, 0.25) is 0 Å². The summed E-state index contributed by atoms with van der Waals surface area (Å²) in [7, 11) is -3.10. The zero-order valence-corrected chi connectivity index (χ0v) is 15.8. The van der Waals surface area contributed by atoms with E-state index in [2.05, 4.69) is 23.5 Å². The van der Waals surface area contributed by atoms with Gasteiger partial charge in [-0.3, -0.25) is 4.79 Å². The number of carbonyl (C=O) groups is 1. The second-order valence-electron chi connectivity index (χ2n) is 6.13. The van der Waals surface area contributed by atoms with Crippen molar-refractivity contribution < 1.29 is 13.2 Å². The Bertz CT molecular complexity index is 612. The summed E-state index contributed by atoms with van der Waals surface area (Å²) in [5.74, 6) is -0.381. The minimum Gasteiger partial charge on any atom is -0.352 e. The first-order chi connectivity index (χ1) is 10.1. The van der Waals surface area contributed by atoms with Crippen molar-refractivity contribution in [1.29, 1.82) is 0 Å². The van der Waals surface area contributed by atoms with E-state index in [0.29, 0.717) is 6.42 Å². The molecule has 132 valence electrons. The van der Waals surface area contributed by atoms with Gasteiger partial charge >= 0.3 is 0 Å². The fraction of sp³-hybridized carbons (Fsp3) is 0.562. The number of hydrogen-bond acceptors (Lipinski definition) is 4. The van der Waals surface area contributed by atoms with E-state index in [1.807, 2.05) is 20.8 Å². The predicted molar refractivity (Wildman–Crippen MR) is 96.8 cm³/mol. The van der Waals surface area contributed by atoms with Gasteiger partial charge in [-0.2, -0.15) is 0 Å². The maximum atomic E-state index is 12.0. The monoisotopic (exact) mass is 362 g/mol. The number of hydrogen-bond donors (Lipinski definition) is 2. The third kappa shape index (κ3) is 8.93. The van der Waals surface area contributed by atoms with Gasteiger partial charge in [0.15, 0.2) is 0 Å². The summed E-state index contributed by atoms with van der Waals surface area (Å²) in [5.41, 5.74) is 9.29. The number of nitrogens with two attached hydrogens (primary N) is 1. The molecule has 0 aliphatic carbocycles. The molecule has 5 nitrogen and oxygen atoms in total. The summed E-state index contributed by atoms with van der Waals surface area (Å²) < 4.78 is 22.2. The van der Waals surface area contributed by atoms with E-state index in [4.69, 9.17) is 5.73 Å². The molecule has 0 radical (unpaired) electrons. The number of benzene rings is 1. The van der Waals surface area contributed by atoms with Crippen LogP contribution in [-0.2, 0) is 21.1 Å². The molecule has 1 aromatic rings. The van der Waals surface area contributed by atoms with Crippen LogP contribution in [0.15, 0.2) is 18.2 Å². The summed E-state index contributed by atoms with van der Waals surface area (Å²) >= 11 is 0. The van der Waals surface area contributed by atoms with Crippen LogP contribution in [0.1, 0.15) is 30.0 Å². The molecule has 7 heteroatoms. The van der Waals surface area contributed by atoms with Crippen molar-refractivity contribution in [2.75, 3.05) is 12.0 Å². The molecule has 0 aliphatic rings. The summed E-state index contributed by atoms with van der Waals surface area (Å²) in [6.07, 6.45) is 1.99. The number of nitrogens with one attached hydrogen (secondary N) is 1. The number of aryl methyl sites for hydroxylation is 2. The van der Waals surface area contributed by atoms with Gasteiger partial charge in [0, 0.05) is 12.3 Å². The zero-order valence-electron chi connectivity index (χ0n) is 14.1. The minimum atomic E-state index is -3.10. The Hall–Kier alpha value is -1.11. The fourth-order valence-corrected chi connectivity index (χ4v) is 3.10. The van der Waals surface area contributed by atoms with Gasteiger partial charge in [-0.05, 0) is 39.2 Å². The Balaban J connectivity index is 0.00000484. The van der Waals surface area contributed by atoms with Crippen LogP contribution in [0.3, 0.4) is 0 Å². The molecule has 3 N–H and O–H groups in total.